The molecule has 0 spiro atoms. The van der Waals surface area contributed by atoms with Crippen LogP contribution in [0.3, 0.4) is 0 Å². The number of anilines is 1. The Balaban J connectivity index is 2.46. The van der Waals surface area contributed by atoms with Gasteiger partial charge in [0.15, 0.2) is 0 Å². The van der Waals surface area contributed by atoms with Gasteiger partial charge >= 0.3 is 0 Å². The minimum atomic E-state index is -0.0759. The standard InChI is InChI=1S/C12H19N3O/c1-9-6-5-7-10(14-9)15-11(16)8-13-12(2,3)4/h5-7,13H,8H2,1-4H3,(H,14,15,16). The Hall–Kier alpha value is -1.42. The van der Waals surface area contributed by atoms with Crippen LogP contribution in [0.2, 0.25) is 0 Å². The summed E-state index contributed by atoms with van der Waals surface area (Å²) in [5, 5.41) is 5.86. The molecule has 0 atom stereocenters. The number of rotatable bonds is 3. The fourth-order valence-corrected chi connectivity index (χ4v) is 1.15. The number of pyridine rings is 1. The molecule has 0 aliphatic heterocycles. The van der Waals surface area contributed by atoms with Crippen LogP contribution in [0.25, 0.3) is 0 Å². The molecule has 1 amide bonds. The zero-order valence-electron chi connectivity index (χ0n) is 10.3. The number of carbonyl (C=O) groups excluding carboxylic acids is 1. The molecule has 0 aliphatic carbocycles. The Morgan fingerprint density at radius 1 is 1.38 bits per heavy atom. The number of nitrogens with zero attached hydrogens (tertiary/aromatic N) is 1. The highest BCUT2D eigenvalue weighted by Gasteiger charge is 2.11. The van der Waals surface area contributed by atoms with Gasteiger partial charge in [0, 0.05) is 11.2 Å². The summed E-state index contributed by atoms with van der Waals surface area (Å²) < 4.78 is 0. The van der Waals surface area contributed by atoms with Crippen LogP contribution in [0.15, 0.2) is 18.2 Å². The maximum absolute atomic E-state index is 11.6. The molecule has 16 heavy (non-hydrogen) atoms. The average molecular weight is 221 g/mol. The zero-order valence-corrected chi connectivity index (χ0v) is 10.3. The number of hydrogen-bond acceptors (Lipinski definition) is 3. The smallest absolute Gasteiger partial charge is 0.239 e. The van der Waals surface area contributed by atoms with Crippen molar-refractivity contribution in [3.63, 3.8) is 0 Å². The van der Waals surface area contributed by atoms with Gasteiger partial charge in [0.05, 0.1) is 6.54 Å². The molecule has 0 bridgehead atoms. The first-order valence-electron chi connectivity index (χ1n) is 5.35. The van der Waals surface area contributed by atoms with Crippen molar-refractivity contribution in [2.75, 3.05) is 11.9 Å². The summed E-state index contributed by atoms with van der Waals surface area (Å²) >= 11 is 0. The van der Waals surface area contributed by atoms with Gasteiger partial charge in [-0.3, -0.25) is 4.79 Å². The average Bonchev–Trinajstić information content (AvgIpc) is 2.14. The van der Waals surface area contributed by atoms with Crippen molar-refractivity contribution in [1.29, 1.82) is 0 Å². The number of carbonyl (C=O) groups is 1. The van der Waals surface area contributed by atoms with Crippen LogP contribution in [-0.2, 0) is 4.79 Å². The van der Waals surface area contributed by atoms with Gasteiger partial charge in [0.2, 0.25) is 5.91 Å². The van der Waals surface area contributed by atoms with Crippen LogP contribution in [-0.4, -0.2) is 23.0 Å². The summed E-state index contributed by atoms with van der Waals surface area (Å²) in [6, 6.07) is 5.54. The Labute approximate surface area is 96.5 Å². The third-order valence-electron chi connectivity index (χ3n) is 1.94. The molecule has 88 valence electrons. The lowest BCUT2D eigenvalue weighted by molar-refractivity contribution is -0.115. The quantitative estimate of drug-likeness (QED) is 0.817. The van der Waals surface area contributed by atoms with E-state index < -0.39 is 0 Å². The molecule has 0 unspecified atom stereocenters. The minimum absolute atomic E-state index is 0.0582. The number of aryl methyl sites for hydroxylation is 1. The predicted molar refractivity (Wildman–Crippen MR) is 65.4 cm³/mol. The second-order valence-corrected chi connectivity index (χ2v) is 4.82. The number of amides is 1. The van der Waals surface area contributed by atoms with E-state index >= 15 is 0 Å². The number of aromatic nitrogens is 1. The van der Waals surface area contributed by atoms with Crippen molar-refractivity contribution < 1.29 is 4.79 Å². The first-order chi connectivity index (χ1) is 7.37. The molecule has 0 aromatic carbocycles. The van der Waals surface area contributed by atoms with Gasteiger partial charge in [-0.1, -0.05) is 6.07 Å². The van der Waals surface area contributed by atoms with Crippen molar-refractivity contribution >= 4 is 11.7 Å². The van der Waals surface area contributed by atoms with Gasteiger partial charge < -0.3 is 10.6 Å². The highest BCUT2D eigenvalue weighted by molar-refractivity contribution is 5.91. The summed E-state index contributed by atoms with van der Waals surface area (Å²) in [5.74, 6) is 0.522. The molecule has 2 N–H and O–H groups in total. The number of hydrogen-bond donors (Lipinski definition) is 2. The van der Waals surface area contributed by atoms with Gasteiger partial charge in [0.1, 0.15) is 5.82 Å². The summed E-state index contributed by atoms with van der Waals surface area (Å²) in [6.07, 6.45) is 0. The Morgan fingerprint density at radius 2 is 2.06 bits per heavy atom. The van der Waals surface area contributed by atoms with E-state index in [0.717, 1.165) is 5.69 Å². The maximum Gasteiger partial charge on any atom is 0.239 e. The van der Waals surface area contributed by atoms with Gasteiger partial charge in [0.25, 0.3) is 0 Å². The highest BCUT2D eigenvalue weighted by atomic mass is 16.2. The highest BCUT2D eigenvalue weighted by Crippen LogP contribution is 2.03. The first kappa shape index (κ1) is 12.6. The van der Waals surface area contributed by atoms with Crippen molar-refractivity contribution in [2.24, 2.45) is 0 Å². The molecular formula is C12H19N3O. The van der Waals surface area contributed by atoms with E-state index in [4.69, 9.17) is 0 Å². The fourth-order valence-electron chi connectivity index (χ4n) is 1.15. The Kier molecular flexibility index (Phi) is 4.01. The lowest BCUT2D eigenvalue weighted by Crippen LogP contribution is -2.41. The third-order valence-corrected chi connectivity index (χ3v) is 1.94. The molecule has 1 heterocycles. The monoisotopic (exact) mass is 221 g/mol. The molecule has 1 aromatic heterocycles. The van der Waals surface area contributed by atoms with E-state index in [1.807, 2.05) is 39.8 Å². The molecule has 0 saturated carbocycles. The fraction of sp³-hybridized carbons (Fsp3) is 0.500. The third kappa shape index (κ3) is 4.89. The van der Waals surface area contributed by atoms with Crippen LogP contribution in [0.4, 0.5) is 5.82 Å². The minimum Gasteiger partial charge on any atom is -0.310 e. The van der Waals surface area contributed by atoms with Gasteiger partial charge in [-0.05, 0) is 39.8 Å². The van der Waals surface area contributed by atoms with Crippen LogP contribution < -0.4 is 10.6 Å². The largest absolute Gasteiger partial charge is 0.310 e. The normalized spacial score (nSPS) is 11.2. The lowest BCUT2D eigenvalue weighted by atomic mass is 10.1. The van der Waals surface area contributed by atoms with Gasteiger partial charge in [-0.2, -0.15) is 0 Å². The zero-order chi connectivity index (χ0) is 12.2. The van der Waals surface area contributed by atoms with Gasteiger partial charge in [-0.15, -0.1) is 0 Å². The molecule has 0 radical (unpaired) electrons. The van der Waals surface area contributed by atoms with Gasteiger partial charge in [-0.25, -0.2) is 4.98 Å². The summed E-state index contributed by atoms with van der Waals surface area (Å²) in [5.41, 5.74) is 0.832. The number of nitrogens with one attached hydrogen (secondary N) is 2. The van der Waals surface area contributed by atoms with Crippen molar-refractivity contribution in [3.8, 4) is 0 Å². The maximum atomic E-state index is 11.6. The van der Waals surface area contributed by atoms with Crippen LogP contribution in [0.5, 0.6) is 0 Å². The second kappa shape index (κ2) is 5.07. The predicted octanol–water partition coefficient (Wildman–Crippen LogP) is 1.72. The lowest BCUT2D eigenvalue weighted by Gasteiger charge is -2.19. The molecule has 0 fully saturated rings. The molecule has 1 aromatic rings. The molecule has 1 rings (SSSR count). The Bertz CT molecular complexity index is 369. The summed E-state index contributed by atoms with van der Waals surface area (Å²) in [7, 11) is 0. The molecular weight excluding hydrogens is 202 g/mol. The van der Waals surface area contributed by atoms with Crippen molar-refractivity contribution in [1.82, 2.24) is 10.3 Å². The molecule has 0 saturated heterocycles. The Morgan fingerprint density at radius 3 is 2.62 bits per heavy atom. The summed E-state index contributed by atoms with van der Waals surface area (Å²) in [6.45, 7) is 8.24. The van der Waals surface area contributed by atoms with Crippen LogP contribution in [0.1, 0.15) is 26.5 Å². The second-order valence-electron chi connectivity index (χ2n) is 4.82. The topological polar surface area (TPSA) is 54.0 Å². The van der Waals surface area contributed by atoms with E-state index in [1.165, 1.54) is 0 Å². The molecule has 4 nitrogen and oxygen atoms in total. The SMILES string of the molecule is Cc1cccc(NC(=O)CNC(C)(C)C)n1. The molecule has 4 heteroatoms. The van der Waals surface area contributed by atoms with E-state index in [-0.39, 0.29) is 11.4 Å². The van der Waals surface area contributed by atoms with E-state index in [2.05, 4.69) is 15.6 Å². The summed E-state index contributed by atoms with van der Waals surface area (Å²) in [4.78, 5) is 15.8. The first-order valence-corrected chi connectivity index (χ1v) is 5.35. The van der Waals surface area contributed by atoms with Crippen molar-refractivity contribution in [3.05, 3.63) is 23.9 Å². The molecule has 0 aliphatic rings. The van der Waals surface area contributed by atoms with E-state index in [1.54, 1.807) is 6.07 Å². The van der Waals surface area contributed by atoms with Crippen LogP contribution in [0, 0.1) is 6.92 Å². The van der Waals surface area contributed by atoms with E-state index in [0.29, 0.717) is 12.4 Å². The van der Waals surface area contributed by atoms with Crippen molar-refractivity contribution in [2.45, 2.75) is 33.2 Å². The van der Waals surface area contributed by atoms with E-state index in [9.17, 15) is 4.79 Å². The van der Waals surface area contributed by atoms with Crippen LogP contribution >= 0.6 is 0 Å².